The quantitative estimate of drug-likeness (QED) is 0.697. The highest BCUT2D eigenvalue weighted by atomic mass is 16.2. The van der Waals surface area contributed by atoms with Gasteiger partial charge in [0.2, 0.25) is 0 Å². The number of rotatable bonds is 5. The molecule has 5 nitrogen and oxygen atoms in total. The van der Waals surface area contributed by atoms with Crippen molar-refractivity contribution in [2.45, 2.75) is 13.5 Å². The SMILES string of the molecule is Cc1ccccc1C(=O)c1c[nH]c(C(=O)NCc2ccc(C#N)cc2)c1. The molecule has 0 atom stereocenters. The predicted molar refractivity (Wildman–Crippen MR) is 97.7 cm³/mol. The zero-order valence-corrected chi connectivity index (χ0v) is 14.2. The maximum Gasteiger partial charge on any atom is 0.267 e. The van der Waals surface area contributed by atoms with Gasteiger partial charge in [-0.1, -0.05) is 36.4 Å². The lowest BCUT2D eigenvalue weighted by Crippen LogP contribution is -2.23. The summed E-state index contributed by atoms with van der Waals surface area (Å²) in [6.07, 6.45) is 1.55. The van der Waals surface area contributed by atoms with E-state index in [-0.39, 0.29) is 11.7 Å². The molecule has 0 fully saturated rings. The molecule has 0 saturated carbocycles. The molecule has 1 aromatic heterocycles. The minimum atomic E-state index is -0.293. The van der Waals surface area contributed by atoms with Crippen LogP contribution < -0.4 is 5.32 Å². The summed E-state index contributed by atoms with van der Waals surface area (Å²) < 4.78 is 0. The first-order valence-electron chi connectivity index (χ1n) is 8.14. The van der Waals surface area contributed by atoms with Crippen LogP contribution in [0.4, 0.5) is 0 Å². The van der Waals surface area contributed by atoms with E-state index in [1.807, 2.05) is 25.1 Å². The van der Waals surface area contributed by atoms with E-state index in [2.05, 4.69) is 16.4 Å². The fraction of sp³-hybridized carbons (Fsp3) is 0.0952. The zero-order valence-electron chi connectivity index (χ0n) is 14.2. The molecular weight excluding hydrogens is 326 g/mol. The highest BCUT2D eigenvalue weighted by Gasteiger charge is 2.15. The molecule has 0 aliphatic heterocycles. The van der Waals surface area contributed by atoms with E-state index in [1.54, 1.807) is 42.6 Å². The molecule has 1 amide bonds. The van der Waals surface area contributed by atoms with Crippen molar-refractivity contribution in [1.82, 2.24) is 10.3 Å². The average Bonchev–Trinajstić information content (AvgIpc) is 3.16. The second-order valence-corrected chi connectivity index (χ2v) is 5.94. The van der Waals surface area contributed by atoms with Gasteiger partial charge in [-0.15, -0.1) is 0 Å². The summed E-state index contributed by atoms with van der Waals surface area (Å²) in [5.41, 5.74) is 3.75. The number of aromatic nitrogens is 1. The van der Waals surface area contributed by atoms with E-state index in [0.29, 0.717) is 28.9 Å². The molecule has 2 aromatic carbocycles. The van der Waals surface area contributed by atoms with Crippen LogP contribution in [-0.2, 0) is 6.54 Å². The van der Waals surface area contributed by atoms with Gasteiger partial charge >= 0.3 is 0 Å². The molecule has 2 N–H and O–H groups in total. The van der Waals surface area contributed by atoms with Crippen LogP contribution in [0.5, 0.6) is 0 Å². The molecule has 5 heteroatoms. The molecule has 128 valence electrons. The predicted octanol–water partition coefficient (Wildman–Crippen LogP) is 3.36. The third-order valence-electron chi connectivity index (χ3n) is 4.12. The minimum Gasteiger partial charge on any atom is -0.356 e. The van der Waals surface area contributed by atoms with E-state index >= 15 is 0 Å². The van der Waals surface area contributed by atoms with E-state index in [0.717, 1.165) is 11.1 Å². The number of nitriles is 1. The van der Waals surface area contributed by atoms with Crippen LogP contribution in [0.25, 0.3) is 0 Å². The lowest BCUT2D eigenvalue weighted by molar-refractivity contribution is 0.0946. The Bertz CT molecular complexity index is 995. The van der Waals surface area contributed by atoms with Gasteiger partial charge in [0, 0.05) is 23.9 Å². The summed E-state index contributed by atoms with van der Waals surface area (Å²) in [5.74, 6) is -0.413. The molecule has 0 saturated heterocycles. The average molecular weight is 343 g/mol. The van der Waals surface area contributed by atoms with Gasteiger partial charge in [0.25, 0.3) is 5.91 Å². The molecule has 0 aliphatic rings. The Morgan fingerprint density at radius 3 is 2.54 bits per heavy atom. The summed E-state index contributed by atoms with van der Waals surface area (Å²) >= 11 is 0. The number of H-pyrrole nitrogens is 1. The summed E-state index contributed by atoms with van der Waals surface area (Å²) in [5, 5.41) is 11.6. The van der Waals surface area contributed by atoms with Crippen LogP contribution >= 0.6 is 0 Å². The van der Waals surface area contributed by atoms with Crippen molar-refractivity contribution in [2.75, 3.05) is 0 Å². The smallest absolute Gasteiger partial charge is 0.267 e. The van der Waals surface area contributed by atoms with Crippen molar-refractivity contribution in [3.8, 4) is 6.07 Å². The molecule has 0 radical (unpaired) electrons. The molecule has 0 spiro atoms. The molecule has 0 unspecified atom stereocenters. The highest BCUT2D eigenvalue weighted by Crippen LogP contribution is 2.15. The number of benzene rings is 2. The van der Waals surface area contributed by atoms with E-state index in [1.165, 1.54) is 0 Å². The standard InChI is InChI=1S/C21H17N3O2/c1-14-4-2-3-5-18(14)20(25)17-10-19(23-13-17)21(26)24-12-16-8-6-15(11-22)7-9-16/h2-10,13,23H,12H2,1H3,(H,24,26). The van der Waals surface area contributed by atoms with Crippen molar-refractivity contribution in [1.29, 1.82) is 5.26 Å². The normalized spacial score (nSPS) is 10.2. The molecule has 3 rings (SSSR count). The number of hydrogen-bond acceptors (Lipinski definition) is 3. The third-order valence-corrected chi connectivity index (χ3v) is 4.12. The highest BCUT2D eigenvalue weighted by molar-refractivity contribution is 6.11. The fourth-order valence-electron chi connectivity index (χ4n) is 2.61. The Hall–Kier alpha value is -3.65. The first-order chi connectivity index (χ1) is 12.6. The number of amides is 1. The van der Waals surface area contributed by atoms with Gasteiger partial charge in [0.05, 0.1) is 11.6 Å². The number of carbonyl (C=O) groups is 2. The van der Waals surface area contributed by atoms with Crippen molar-refractivity contribution >= 4 is 11.7 Å². The first kappa shape index (κ1) is 17.2. The maximum absolute atomic E-state index is 12.6. The number of aryl methyl sites for hydroxylation is 1. The minimum absolute atomic E-state index is 0.120. The summed E-state index contributed by atoms with van der Waals surface area (Å²) in [6, 6.07) is 18.0. The van der Waals surface area contributed by atoms with Crippen LogP contribution in [0.1, 0.15) is 43.1 Å². The molecular formula is C21H17N3O2. The van der Waals surface area contributed by atoms with Crippen molar-refractivity contribution < 1.29 is 9.59 Å². The molecule has 0 bridgehead atoms. The van der Waals surface area contributed by atoms with Crippen LogP contribution in [0, 0.1) is 18.3 Å². The second kappa shape index (κ2) is 7.49. The maximum atomic E-state index is 12.6. The number of carbonyl (C=O) groups excluding carboxylic acids is 2. The lowest BCUT2D eigenvalue weighted by Gasteiger charge is -2.04. The van der Waals surface area contributed by atoms with Crippen molar-refractivity contribution in [3.63, 3.8) is 0 Å². The van der Waals surface area contributed by atoms with E-state index < -0.39 is 0 Å². The number of hydrogen-bond donors (Lipinski definition) is 2. The molecule has 3 aromatic rings. The van der Waals surface area contributed by atoms with Crippen LogP contribution in [0.2, 0.25) is 0 Å². The van der Waals surface area contributed by atoms with Gasteiger partial charge in [-0.25, -0.2) is 0 Å². The van der Waals surface area contributed by atoms with Gasteiger partial charge in [-0.2, -0.15) is 5.26 Å². The zero-order chi connectivity index (χ0) is 18.5. The van der Waals surface area contributed by atoms with Crippen molar-refractivity contribution in [2.24, 2.45) is 0 Å². The summed E-state index contributed by atoms with van der Waals surface area (Å²) in [6.45, 7) is 2.22. The van der Waals surface area contributed by atoms with Crippen molar-refractivity contribution in [3.05, 3.63) is 94.3 Å². The molecule has 1 heterocycles. The molecule has 26 heavy (non-hydrogen) atoms. The largest absolute Gasteiger partial charge is 0.356 e. The van der Waals surface area contributed by atoms with Crippen LogP contribution in [0.15, 0.2) is 60.8 Å². The number of ketones is 1. The topological polar surface area (TPSA) is 85.8 Å². The van der Waals surface area contributed by atoms with Gasteiger partial charge in [-0.3, -0.25) is 9.59 Å². The van der Waals surface area contributed by atoms with Crippen LogP contribution in [0.3, 0.4) is 0 Å². The third kappa shape index (κ3) is 3.70. The Balaban J connectivity index is 1.67. The number of nitrogens with one attached hydrogen (secondary N) is 2. The Morgan fingerprint density at radius 2 is 1.85 bits per heavy atom. The molecule has 0 aliphatic carbocycles. The Morgan fingerprint density at radius 1 is 1.12 bits per heavy atom. The van der Waals surface area contributed by atoms with Gasteiger partial charge in [0.15, 0.2) is 5.78 Å². The summed E-state index contributed by atoms with van der Waals surface area (Å²) in [4.78, 5) is 27.7. The van der Waals surface area contributed by atoms with Crippen LogP contribution in [-0.4, -0.2) is 16.7 Å². The van der Waals surface area contributed by atoms with E-state index in [9.17, 15) is 9.59 Å². The van der Waals surface area contributed by atoms with Gasteiger partial charge in [-0.05, 0) is 36.2 Å². The first-order valence-corrected chi connectivity index (χ1v) is 8.14. The lowest BCUT2D eigenvalue weighted by atomic mass is 10.0. The number of nitrogens with zero attached hydrogens (tertiary/aromatic N) is 1. The van der Waals surface area contributed by atoms with Gasteiger partial charge < -0.3 is 10.3 Å². The monoisotopic (exact) mass is 343 g/mol. The Labute approximate surface area is 151 Å². The summed E-state index contributed by atoms with van der Waals surface area (Å²) in [7, 11) is 0. The number of aromatic amines is 1. The fourth-order valence-corrected chi connectivity index (χ4v) is 2.61. The second-order valence-electron chi connectivity index (χ2n) is 5.94. The van der Waals surface area contributed by atoms with E-state index in [4.69, 9.17) is 5.26 Å². The van der Waals surface area contributed by atoms with Gasteiger partial charge in [0.1, 0.15) is 5.69 Å². The Kier molecular flexibility index (Phi) is 4.95.